The minimum atomic E-state index is 0.0300. The molecule has 0 saturated heterocycles. The van der Waals surface area contributed by atoms with Gasteiger partial charge in [0.15, 0.2) is 5.96 Å². The Morgan fingerprint density at radius 3 is 2.36 bits per heavy atom. The zero-order valence-corrected chi connectivity index (χ0v) is 15.0. The second-order valence-electron chi connectivity index (χ2n) is 7.10. The molecule has 5 nitrogen and oxygen atoms in total. The van der Waals surface area contributed by atoms with Gasteiger partial charge in [-0.25, -0.2) is 4.99 Å². The van der Waals surface area contributed by atoms with Gasteiger partial charge in [-0.1, -0.05) is 26.7 Å². The van der Waals surface area contributed by atoms with Crippen molar-refractivity contribution in [3.05, 3.63) is 0 Å². The minimum Gasteiger partial charge on any atom is -0.354 e. The molecule has 1 saturated carbocycles. The standard InChI is InChI=1S/C17H34N4O/c1-13(2)10-11-14(3)19-17(18-12-16(22)21(4)5)20-15-8-6-7-9-15/h13-15H,6-12H2,1-5H3,(H2,18,19,20). The predicted molar refractivity (Wildman–Crippen MR) is 93.1 cm³/mol. The van der Waals surface area contributed by atoms with Crippen molar-refractivity contribution in [2.75, 3.05) is 20.6 Å². The maximum absolute atomic E-state index is 11.7. The molecular formula is C17H34N4O. The summed E-state index contributed by atoms with van der Waals surface area (Å²) in [7, 11) is 3.53. The van der Waals surface area contributed by atoms with Gasteiger partial charge in [-0.2, -0.15) is 0 Å². The lowest BCUT2D eigenvalue weighted by Gasteiger charge is -2.22. The van der Waals surface area contributed by atoms with Crippen LogP contribution in [-0.4, -0.2) is 49.5 Å². The van der Waals surface area contributed by atoms with E-state index in [1.54, 1.807) is 19.0 Å². The molecule has 2 N–H and O–H groups in total. The number of aliphatic imine (C=N–C) groups is 1. The molecule has 0 aromatic rings. The van der Waals surface area contributed by atoms with Gasteiger partial charge in [0, 0.05) is 26.2 Å². The van der Waals surface area contributed by atoms with Crippen LogP contribution in [0.4, 0.5) is 0 Å². The van der Waals surface area contributed by atoms with Crippen molar-refractivity contribution in [3.8, 4) is 0 Å². The molecule has 0 aromatic heterocycles. The van der Waals surface area contributed by atoms with E-state index in [2.05, 4.69) is 36.4 Å². The summed E-state index contributed by atoms with van der Waals surface area (Å²) in [5, 5.41) is 6.96. The van der Waals surface area contributed by atoms with Gasteiger partial charge in [0.2, 0.25) is 5.91 Å². The van der Waals surface area contributed by atoms with Gasteiger partial charge in [0.05, 0.1) is 0 Å². The molecule has 1 aliphatic carbocycles. The number of hydrogen-bond acceptors (Lipinski definition) is 2. The first kappa shape index (κ1) is 18.8. The summed E-state index contributed by atoms with van der Waals surface area (Å²) < 4.78 is 0. The highest BCUT2D eigenvalue weighted by Crippen LogP contribution is 2.17. The molecule has 1 unspecified atom stereocenters. The van der Waals surface area contributed by atoms with Gasteiger partial charge in [0.25, 0.3) is 0 Å². The summed E-state index contributed by atoms with van der Waals surface area (Å²) in [5.74, 6) is 1.53. The van der Waals surface area contributed by atoms with Crippen molar-refractivity contribution >= 4 is 11.9 Å². The molecule has 0 bridgehead atoms. The number of guanidine groups is 1. The van der Waals surface area contributed by atoms with E-state index in [9.17, 15) is 4.79 Å². The van der Waals surface area contributed by atoms with Crippen LogP contribution in [0.25, 0.3) is 0 Å². The Morgan fingerprint density at radius 1 is 1.18 bits per heavy atom. The monoisotopic (exact) mass is 310 g/mol. The molecule has 0 radical (unpaired) electrons. The highest BCUT2D eigenvalue weighted by atomic mass is 16.2. The van der Waals surface area contributed by atoms with Crippen molar-refractivity contribution in [1.82, 2.24) is 15.5 Å². The molecule has 0 aliphatic heterocycles. The first-order valence-corrected chi connectivity index (χ1v) is 8.66. The smallest absolute Gasteiger partial charge is 0.243 e. The fourth-order valence-electron chi connectivity index (χ4n) is 2.57. The minimum absolute atomic E-state index is 0.0300. The Hall–Kier alpha value is -1.26. The average Bonchev–Trinajstić information content (AvgIpc) is 2.94. The SMILES string of the molecule is CC(C)CCC(C)NC(=NCC(=O)N(C)C)NC1CCCC1. The van der Waals surface area contributed by atoms with Crippen molar-refractivity contribution < 1.29 is 4.79 Å². The van der Waals surface area contributed by atoms with Crippen molar-refractivity contribution in [2.24, 2.45) is 10.9 Å². The highest BCUT2D eigenvalue weighted by molar-refractivity contribution is 5.85. The van der Waals surface area contributed by atoms with Gasteiger partial charge in [-0.3, -0.25) is 4.79 Å². The molecule has 5 heteroatoms. The van der Waals surface area contributed by atoms with E-state index in [4.69, 9.17) is 0 Å². The van der Waals surface area contributed by atoms with Crippen LogP contribution in [0.15, 0.2) is 4.99 Å². The zero-order valence-electron chi connectivity index (χ0n) is 15.0. The van der Waals surface area contributed by atoms with Crippen LogP contribution in [0.5, 0.6) is 0 Å². The third-order valence-electron chi connectivity index (χ3n) is 4.13. The van der Waals surface area contributed by atoms with E-state index in [-0.39, 0.29) is 12.5 Å². The lowest BCUT2D eigenvalue weighted by Crippen LogP contribution is -2.46. The van der Waals surface area contributed by atoms with E-state index in [1.807, 2.05) is 0 Å². The Balaban J connectivity index is 2.55. The topological polar surface area (TPSA) is 56.7 Å². The van der Waals surface area contributed by atoms with Crippen molar-refractivity contribution in [3.63, 3.8) is 0 Å². The highest BCUT2D eigenvalue weighted by Gasteiger charge is 2.17. The van der Waals surface area contributed by atoms with Crippen molar-refractivity contribution in [1.29, 1.82) is 0 Å². The van der Waals surface area contributed by atoms with E-state index in [0.29, 0.717) is 18.0 Å². The molecule has 1 atom stereocenters. The molecule has 1 amide bonds. The third kappa shape index (κ3) is 7.66. The predicted octanol–water partition coefficient (Wildman–Crippen LogP) is 2.38. The van der Waals surface area contributed by atoms with Crippen LogP contribution in [-0.2, 0) is 4.79 Å². The van der Waals surface area contributed by atoms with E-state index in [1.165, 1.54) is 32.1 Å². The summed E-state index contributed by atoms with van der Waals surface area (Å²) in [6.07, 6.45) is 7.27. The number of carbonyl (C=O) groups is 1. The lowest BCUT2D eigenvalue weighted by molar-refractivity contribution is -0.127. The van der Waals surface area contributed by atoms with Crippen LogP contribution in [0.2, 0.25) is 0 Å². The first-order chi connectivity index (χ1) is 10.4. The quantitative estimate of drug-likeness (QED) is 0.561. The Kier molecular flexibility index (Phi) is 8.28. The van der Waals surface area contributed by atoms with Crippen LogP contribution in [0.1, 0.15) is 59.3 Å². The number of rotatable bonds is 7. The fourth-order valence-corrected chi connectivity index (χ4v) is 2.57. The van der Waals surface area contributed by atoms with E-state index >= 15 is 0 Å². The second kappa shape index (κ2) is 9.70. The fraction of sp³-hybridized carbons (Fsp3) is 0.882. The Bertz CT molecular complexity index is 360. The Labute approximate surface area is 135 Å². The Morgan fingerprint density at radius 2 is 1.82 bits per heavy atom. The van der Waals surface area contributed by atoms with Gasteiger partial charge >= 0.3 is 0 Å². The van der Waals surface area contributed by atoms with Crippen LogP contribution >= 0.6 is 0 Å². The van der Waals surface area contributed by atoms with Crippen LogP contribution in [0.3, 0.4) is 0 Å². The molecule has 0 heterocycles. The molecular weight excluding hydrogens is 276 g/mol. The van der Waals surface area contributed by atoms with Crippen molar-refractivity contribution in [2.45, 2.75) is 71.4 Å². The van der Waals surface area contributed by atoms with Gasteiger partial charge in [-0.05, 0) is 38.5 Å². The average molecular weight is 310 g/mol. The molecule has 1 rings (SSSR count). The zero-order chi connectivity index (χ0) is 16.5. The van der Waals surface area contributed by atoms with E-state index < -0.39 is 0 Å². The molecule has 128 valence electrons. The number of likely N-dealkylation sites (N-methyl/N-ethyl adjacent to an activating group) is 1. The summed E-state index contributed by atoms with van der Waals surface area (Å²) in [4.78, 5) is 17.8. The largest absolute Gasteiger partial charge is 0.354 e. The van der Waals surface area contributed by atoms with Gasteiger partial charge < -0.3 is 15.5 Å². The van der Waals surface area contributed by atoms with Gasteiger partial charge in [-0.15, -0.1) is 0 Å². The maximum Gasteiger partial charge on any atom is 0.243 e. The third-order valence-corrected chi connectivity index (χ3v) is 4.13. The number of hydrogen-bond donors (Lipinski definition) is 2. The summed E-state index contributed by atoms with van der Waals surface area (Å²) in [6.45, 7) is 6.87. The second-order valence-corrected chi connectivity index (χ2v) is 7.10. The number of amides is 1. The molecule has 0 spiro atoms. The molecule has 1 aliphatic rings. The lowest BCUT2D eigenvalue weighted by atomic mass is 10.0. The summed E-state index contributed by atoms with van der Waals surface area (Å²) in [5.41, 5.74) is 0. The molecule has 0 aromatic carbocycles. The number of carbonyl (C=O) groups excluding carboxylic acids is 1. The maximum atomic E-state index is 11.7. The van der Waals surface area contributed by atoms with Crippen LogP contribution in [0, 0.1) is 5.92 Å². The summed E-state index contributed by atoms with van der Waals surface area (Å²) >= 11 is 0. The first-order valence-electron chi connectivity index (χ1n) is 8.66. The molecule has 1 fully saturated rings. The number of nitrogens with zero attached hydrogens (tertiary/aromatic N) is 2. The van der Waals surface area contributed by atoms with Crippen LogP contribution < -0.4 is 10.6 Å². The van der Waals surface area contributed by atoms with Gasteiger partial charge in [0.1, 0.15) is 6.54 Å². The normalized spacial score (nSPS) is 17.6. The van der Waals surface area contributed by atoms with E-state index in [0.717, 1.165) is 12.4 Å². The summed E-state index contributed by atoms with van der Waals surface area (Å²) in [6, 6.07) is 0.863. The number of nitrogens with one attached hydrogen (secondary N) is 2. The molecule has 22 heavy (non-hydrogen) atoms.